The van der Waals surface area contributed by atoms with Crippen molar-refractivity contribution in [3.05, 3.63) is 22.3 Å². The summed E-state index contributed by atoms with van der Waals surface area (Å²) >= 11 is 5.68. The average molecular weight is 266 g/mol. The second-order valence-corrected chi connectivity index (χ2v) is 3.47. The Kier molecular flexibility index (Phi) is 4.62. The predicted octanol–water partition coefficient (Wildman–Crippen LogP) is 2.40. The monoisotopic (exact) mass is 265 g/mol. The lowest BCUT2D eigenvalue weighted by Crippen LogP contribution is -2.10. The van der Waals surface area contributed by atoms with E-state index in [1.807, 2.05) is 0 Å². The summed E-state index contributed by atoms with van der Waals surface area (Å²) in [5.41, 5.74) is -0.617. The molecule has 0 N–H and O–H groups in total. The molecule has 0 aliphatic carbocycles. The zero-order valence-corrected chi connectivity index (χ0v) is 9.92. The van der Waals surface area contributed by atoms with Crippen molar-refractivity contribution in [3.8, 4) is 5.88 Å². The number of ether oxygens (including phenoxy) is 2. The SMILES string of the molecule is COC(=O)Cc1nc(OC)cc(Cl)c1C(F)F. The molecule has 0 atom stereocenters. The van der Waals surface area contributed by atoms with Gasteiger partial charge in [0.2, 0.25) is 5.88 Å². The van der Waals surface area contributed by atoms with Crippen molar-refractivity contribution in [1.29, 1.82) is 0 Å². The zero-order valence-electron chi connectivity index (χ0n) is 9.17. The fourth-order valence-corrected chi connectivity index (χ4v) is 1.51. The number of aromatic nitrogens is 1. The van der Waals surface area contributed by atoms with Crippen LogP contribution in [0.3, 0.4) is 0 Å². The zero-order chi connectivity index (χ0) is 13.0. The number of esters is 1. The normalized spacial score (nSPS) is 10.5. The highest BCUT2D eigenvalue weighted by Gasteiger charge is 2.22. The molecule has 94 valence electrons. The van der Waals surface area contributed by atoms with Gasteiger partial charge in [0.25, 0.3) is 6.43 Å². The third-order valence-electron chi connectivity index (χ3n) is 2.03. The van der Waals surface area contributed by atoms with Gasteiger partial charge in [-0.15, -0.1) is 0 Å². The number of alkyl halides is 2. The summed E-state index contributed by atoms with van der Waals surface area (Å²) in [6.07, 6.45) is -3.20. The molecule has 0 bridgehead atoms. The van der Waals surface area contributed by atoms with Gasteiger partial charge in [0.05, 0.1) is 36.9 Å². The Labute approximate surface area is 101 Å². The fourth-order valence-electron chi connectivity index (χ4n) is 1.23. The van der Waals surface area contributed by atoms with Gasteiger partial charge in [-0.2, -0.15) is 0 Å². The van der Waals surface area contributed by atoms with E-state index < -0.39 is 18.0 Å². The molecule has 1 heterocycles. The summed E-state index contributed by atoms with van der Waals surface area (Å²) < 4.78 is 34.7. The summed E-state index contributed by atoms with van der Waals surface area (Å²) in [6, 6.07) is 1.17. The fraction of sp³-hybridized carbons (Fsp3) is 0.400. The summed E-state index contributed by atoms with van der Waals surface area (Å²) in [6.45, 7) is 0. The van der Waals surface area contributed by atoms with Crippen LogP contribution in [0.4, 0.5) is 8.78 Å². The smallest absolute Gasteiger partial charge is 0.311 e. The Morgan fingerprint density at radius 1 is 1.53 bits per heavy atom. The molecule has 4 nitrogen and oxygen atoms in total. The molecule has 1 aromatic heterocycles. The van der Waals surface area contributed by atoms with Crippen LogP contribution in [0.2, 0.25) is 5.02 Å². The maximum Gasteiger partial charge on any atom is 0.311 e. The molecule has 0 unspecified atom stereocenters. The molecule has 17 heavy (non-hydrogen) atoms. The molecule has 0 aromatic carbocycles. The number of pyridine rings is 1. The predicted molar refractivity (Wildman–Crippen MR) is 56.5 cm³/mol. The lowest BCUT2D eigenvalue weighted by molar-refractivity contribution is -0.139. The van der Waals surface area contributed by atoms with Gasteiger partial charge in [-0.3, -0.25) is 4.79 Å². The van der Waals surface area contributed by atoms with E-state index in [0.29, 0.717) is 0 Å². The van der Waals surface area contributed by atoms with Crippen LogP contribution in [0.1, 0.15) is 17.7 Å². The standard InChI is InChI=1S/C10H10ClF2NO3/c1-16-7-3-5(11)9(10(12)13)6(14-7)4-8(15)17-2/h3,10H,4H2,1-2H3. The lowest BCUT2D eigenvalue weighted by atomic mass is 10.1. The van der Waals surface area contributed by atoms with Gasteiger partial charge in [0.15, 0.2) is 0 Å². The van der Waals surface area contributed by atoms with Crippen LogP contribution in [-0.2, 0) is 16.0 Å². The van der Waals surface area contributed by atoms with Crippen molar-refractivity contribution in [2.75, 3.05) is 14.2 Å². The van der Waals surface area contributed by atoms with Crippen LogP contribution in [0.25, 0.3) is 0 Å². The van der Waals surface area contributed by atoms with E-state index in [2.05, 4.69) is 9.72 Å². The Hall–Kier alpha value is -1.43. The Balaban J connectivity index is 3.22. The molecule has 0 spiro atoms. The van der Waals surface area contributed by atoms with Crippen molar-refractivity contribution in [3.63, 3.8) is 0 Å². The minimum atomic E-state index is -2.82. The molecule has 0 saturated carbocycles. The van der Waals surface area contributed by atoms with Gasteiger partial charge in [0, 0.05) is 6.07 Å². The van der Waals surface area contributed by atoms with E-state index in [0.717, 1.165) is 7.11 Å². The van der Waals surface area contributed by atoms with Crippen LogP contribution >= 0.6 is 11.6 Å². The molecule has 0 aliphatic rings. The third kappa shape index (κ3) is 3.26. The lowest BCUT2D eigenvalue weighted by Gasteiger charge is -2.11. The average Bonchev–Trinajstić information content (AvgIpc) is 2.27. The quantitative estimate of drug-likeness (QED) is 0.785. The van der Waals surface area contributed by atoms with Crippen molar-refractivity contribution >= 4 is 17.6 Å². The first kappa shape index (κ1) is 13.6. The molecule has 7 heteroatoms. The highest BCUT2D eigenvalue weighted by atomic mass is 35.5. The molecule has 0 saturated heterocycles. The highest BCUT2D eigenvalue weighted by Crippen LogP contribution is 2.32. The molecule has 0 amide bonds. The maximum atomic E-state index is 12.8. The van der Waals surface area contributed by atoms with Crippen molar-refractivity contribution in [2.45, 2.75) is 12.8 Å². The first-order valence-corrected chi connectivity index (χ1v) is 4.95. The topological polar surface area (TPSA) is 48.4 Å². The van der Waals surface area contributed by atoms with Gasteiger partial charge in [-0.1, -0.05) is 11.6 Å². The number of halogens is 3. The molecule has 1 aromatic rings. The highest BCUT2D eigenvalue weighted by molar-refractivity contribution is 6.31. The molecular weight excluding hydrogens is 256 g/mol. The Morgan fingerprint density at radius 3 is 2.65 bits per heavy atom. The van der Waals surface area contributed by atoms with Gasteiger partial charge >= 0.3 is 5.97 Å². The van der Waals surface area contributed by atoms with Gasteiger partial charge in [-0.05, 0) is 0 Å². The Morgan fingerprint density at radius 2 is 2.18 bits per heavy atom. The van der Waals surface area contributed by atoms with Crippen LogP contribution in [0.15, 0.2) is 6.07 Å². The van der Waals surface area contributed by atoms with E-state index in [1.165, 1.54) is 13.2 Å². The molecule has 0 fully saturated rings. The van der Waals surface area contributed by atoms with Gasteiger partial charge in [0.1, 0.15) is 0 Å². The van der Waals surface area contributed by atoms with E-state index in [-0.39, 0.29) is 23.0 Å². The largest absolute Gasteiger partial charge is 0.481 e. The van der Waals surface area contributed by atoms with E-state index in [9.17, 15) is 13.6 Å². The van der Waals surface area contributed by atoms with Crippen LogP contribution in [0, 0.1) is 0 Å². The number of carbonyl (C=O) groups excluding carboxylic acids is 1. The van der Waals surface area contributed by atoms with Crippen molar-refractivity contribution in [2.24, 2.45) is 0 Å². The molecular formula is C10H10ClF2NO3. The summed E-state index contributed by atoms with van der Waals surface area (Å²) in [5, 5.41) is -0.189. The number of carbonyl (C=O) groups is 1. The number of methoxy groups -OCH3 is 2. The van der Waals surface area contributed by atoms with Crippen LogP contribution in [0.5, 0.6) is 5.88 Å². The second kappa shape index (κ2) is 5.77. The van der Waals surface area contributed by atoms with Crippen LogP contribution in [-0.4, -0.2) is 25.2 Å². The Bertz CT molecular complexity index is 426. The number of rotatable bonds is 4. The minimum absolute atomic E-state index is 0.0679. The van der Waals surface area contributed by atoms with Crippen molar-refractivity contribution in [1.82, 2.24) is 4.98 Å². The van der Waals surface area contributed by atoms with Crippen LogP contribution < -0.4 is 4.74 Å². The number of hydrogen-bond acceptors (Lipinski definition) is 4. The van der Waals surface area contributed by atoms with Crippen molar-refractivity contribution < 1.29 is 23.0 Å². The molecule has 0 aliphatic heterocycles. The first-order valence-electron chi connectivity index (χ1n) is 4.57. The summed E-state index contributed by atoms with van der Waals surface area (Å²) in [5.74, 6) is -0.609. The van der Waals surface area contributed by atoms with E-state index in [1.54, 1.807) is 0 Å². The third-order valence-corrected chi connectivity index (χ3v) is 2.34. The number of hydrogen-bond donors (Lipinski definition) is 0. The molecule has 1 rings (SSSR count). The number of nitrogens with zero attached hydrogens (tertiary/aromatic N) is 1. The maximum absolute atomic E-state index is 12.8. The minimum Gasteiger partial charge on any atom is -0.481 e. The van der Waals surface area contributed by atoms with E-state index in [4.69, 9.17) is 16.3 Å². The summed E-state index contributed by atoms with van der Waals surface area (Å²) in [7, 11) is 2.48. The first-order chi connectivity index (χ1) is 7.99. The van der Waals surface area contributed by atoms with E-state index >= 15 is 0 Å². The summed E-state index contributed by atoms with van der Waals surface area (Å²) in [4.78, 5) is 14.8. The van der Waals surface area contributed by atoms with Gasteiger partial charge in [-0.25, -0.2) is 13.8 Å². The molecule has 0 radical (unpaired) electrons. The van der Waals surface area contributed by atoms with Gasteiger partial charge < -0.3 is 9.47 Å². The second-order valence-electron chi connectivity index (χ2n) is 3.06.